The summed E-state index contributed by atoms with van der Waals surface area (Å²) in [5.41, 5.74) is 4.26. The molecule has 0 saturated carbocycles. The van der Waals surface area contributed by atoms with Crippen molar-refractivity contribution in [3.63, 3.8) is 0 Å². The largest absolute Gasteiger partial charge is 0.465 e. The number of rotatable bonds is 5. The van der Waals surface area contributed by atoms with E-state index in [1.807, 2.05) is 29.7 Å². The van der Waals surface area contributed by atoms with Crippen LogP contribution >= 0.6 is 11.8 Å². The van der Waals surface area contributed by atoms with Crippen LogP contribution in [0.2, 0.25) is 0 Å². The van der Waals surface area contributed by atoms with Crippen LogP contribution in [0.4, 0.5) is 0 Å². The number of ether oxygens (including phenoxy) is 1. The molecule has 5 nitrogen and oxygen atoms in total. The Balaban J connectivity index is 2.27. The lowest BCUT2D eigenvalue weighted by atomic mass is 10.0. The highest BCUT2D eigenvalue weighted by Crippen LogP contribution is 2.23. The van der Waals surface area contributed by atoms with E-state index in [0.29, 0.717) is 11.8 Å². The fourth-order valence-electron chi connectivity index (χ4n) is 2.12. The van der Waals surface area contributed by atoms with Crippen LogP contribution in [0, 0.1) is 0 Å². The summed E-state index contributed by atoms with van der Waals surface area (Å²) in [4.78, 5) is 11.6. The fourth-order valence-corrected chi connectivity index (χ4v) is 2.86. The van der Waals surface area contributed by atoms with Crippen LogP contribution in [0.1, 0.15) is 27.2 Å². The van der Waals surface area contributed by atoms with Crippen LogP contribution in [0.15, 0.2) is 65.2 Å². The van der Waals surface area contributed by atoms with Gasteiger partial charge in [0.15, 0.2) is 5.16 Å². The molecular weight excluding hydrogens is 334 g/mol. The molecule has 0 amide bonds. The van der Waals surface area contributed by atoms with E-state index in [4.69, 9.17) is 4.74 Å². The first-order valence-corrected chi connectivity index (χ1v) is 9.10. The number of allylic oxidation sites excluding steroid dienone is 9. The van der Waals surface area contributed by atoms with Gasteiger partial charge in [0, 0.05) is 12.1 Å². The smallest absolute Gasteiger partial charge is 0.316 e. The van der Waals surface area contributed by atoms with Crippen LogP contribution in [-0.4, -0.2) is 33.1 Å². The zero-order valence-electron chi connectivity index (χ0n) is 14.9. The highest BCUT2D eigenvalue weighted by Gasteiger charge is 2.12. The number of hydrogen-bond donors (Lipinski definition) is 0. The van der Waals surface area contributed by atoms with Crippen LogP contribution in [-0.2, 0) is 9.53 Å². The standard InChI is InChI=1S/C19H23N3O2S/c1-5-24-18(23)12-25-19-21-20-13-22(19)17-10-7-14(2)6-8-15(3)16(4)9-11-17/h6-9,11,13H,3,5,10,12H2,1-2,4H3/b8-6-,14-7-,16-9?,17-11+. The van der Waals surface area contributed by atoms with E-state index in [0.717, 1.165) is 28.8 Å². The van der Waals surface area contributed by atoms with Crippen LogP contribution < -0.4 is 0 Å². The predicted octanol–water partition coefficient (Wildman–Crippen LogP) is 4.18. The highest BCUT2D eigenvalue weighted by molar-refractivity contribution is 7.99. The molecule has 0 bridgehead atoms. The molecule has 0 aromatic carbocycles. The monoisotopic (exact) mass is 357 g/mol. The first-order valence-electron chi connectivity index (χ1n) is 8.11. The minimum Gasteiger partial charge on any atom is -0.465 e. The molecule has 0 aliphatic heterocycles. The Morgan fingerprint density at radius 3 is 2.92 bits per heavy atom. The van der Waals surface area contributed by atoms with E-state index in [9.17, 15) is 4.79 Å². The molecule has 0 spiro atoms. The molecular formula is C19H23N3O2S. The molecule has 0 N–H and O–H groups in total. The summed E-state index contributed by atoms with van der Waals surface area (Å²) in [6.45, 7) is 10.3. The van der Waals surface area contributed by atoms with Gasteiger partial charge in [-0.3, -0.25) is 9.36 Å². The first-order chi connectivity index (χ1) is 12.0. The van der Waals surface area contributed by atoms with Crippen LogP contribution in [0.3, 0.4) is 0 Å². The molecule has 1 aliphatic carbocycles. The van der Waals surface area contributed by atoms with Crippen molar-refractivity contribution in [2.75, 3.05) is 12.4 Å². The van der Waals surface area contributed by atoms with Gasteiger partial charge in [-0.2, -0.15) is 0 Å². The van der Waals surface area contributed by atoms with E-state index in [2.05, 4.69) is 35.9 Å². The molecule has 132 valence electrons. The Morgan fingerprint density at radius 1 is 1.36 bits per heavy atom. The second-order valence-corrected chi connectivity index (χ2v) is 6.54. The number of carbonyl (C=O) groups excluding carboxylic acids is 1. The van der Waals surface area contributed by atoms with E-state index in [-0.39, 0.29) is 11.7 Å². The Kier molecular flexibility index (Phi) is 7.01. The number of hydrogen-bond acceptors (Lipinski definition) is 5. The molecule has 1 aromatic rings. The topological polar surface area (TPSA) is 57.0 Å². The highest BCUT2D eigenvalue weighted by atomic mass is 32.2. The molecule has 0 saturated heterocycles. The van der Waals surface area contributed by atoms with Gasteiger partial charge in [0.2, 0.25) is 0 Å². The van der Waals surface area contributed by atoms with Gasteiger partial charge in [0.1, 0.15) is 6.33 Å². The van der Waals surface area contributed by atoms with Crippen molar-refractivity contribution in [3.05, 3.63) is 60.0 Å². The lowest BCUT2D eigenvalue weighted by molar-refractivity contribution is -0.139. The molecule has 0 fully saturated rings. The molecule has 0 radical (unpaired) electrons. The number of nitrogens with zero attached hydrogens (tertiary/aromatic N) is 3. The third-order valence-corrected chi connectivity index (χ3v) is 4.58. The molecule has 0 unspecified atom stereocenters. The molecule has 1 aromatic heterocycles. The molecule has 6 heteroatoms. The number of esters is 1. The summed E-state index contributed by atoms with van der Waals surface area (Å²) < 4.78 is 6.87. The molecule has 1 heterocycles. The van der Waals surface area contributed by atoms with Crippen LogP contribution in [0.25, 0.3) is 5.70 Å². The van der Waals surface area contributed by atoms with Crippen molar-refractivity contribution in [3.8, 4) is 0 Å². The molecule has 0 atom stereocenters. The van der Waals surface area contributed by atoms with Gasteiger partial charge in [-0.05, 0) is 38.0 Å². The average molecular weight is 357 g/mol. The Labute approximate surface area is 152 Å². The van der Waals surface area contributed by atoms with Gasteiger partial charge >= 0.3 is 5.97 Å². The SMILES string of the molecule is C=C1/C=C\C(C)=C/C/C(n2cnnc2SCC(=O)OCC)=C\C=C1C. The lowest BCUT2D eigenvalue weighted by Gasteiger charge is -2.10. The summed E-state index contributed by atoms with van der Waals surface area (Å²) >= 11 is 1.32. The Bertz CT molecular complexity index is 769. The van der Waals surface area contributed by atoms with Crippen molar-refractivity contribution in [1.82, 2.24) is 14.8 Å². The Morgan fingerprint density at radius 2 is 2.16 bits per heavy atom. The van der Waals surface area contributed by atoms with Gasteiger partial charge in [-0.15, -0.1) is 10.2 Å². The first kappa shape index (κ1) is 19.0. The van der Waals surface area contributed by atoms with Crippen molar-refractivity contribution < 1.29 is 9.53 Å². The number of carbonyl (C=O) groups is 1. The van der Waals surface area contributed by atoms with E-state index in [1.165, 1.54) is 11.8 Å². The number of aromatic nitrogens is 3. The van der Waals surface area contributed by atoms with E-state index in [1.54, 1.807) is 13.3 Å². The van der Waals surface area contributed by atoms with Gasteiger partial charge in [0.25, 0.3) is 0 Å². The summed E-state index contributed by atoms with van der Waals surface area (Å²) in [6, 6.07) is 0. The van der Waals surface area contributed by atoms with Crippen molar-refractivity contribution >= 4 is 23.4 Å². The second kappa shape index (κ2) is 9.22. The summed E-state index contributed by atoms with van der Waals surface area (Å²) in [6.07, 6.45) is 12.7. The van der Waals surface area contributed by atoms with Crippen molar-refractivity contribution in [1.29, 1.82) is 0 Å². The third-order valence-electron chi connectivity index (χ3n) is 3.66. The number of thioether (sulfide) groups is 1. The second-order valence-electron chi connectivity index (χ2n) is 5.60. The van der Waals surface area contributed by atoms with Crippen molar-refractivity contribution in [2.24, 2.45) is 0 Å². The fraction of sp³-hybridized carbons (Fsp3) is 0.316. The average Bonchev–Trinajstić information content (AvgIpc) is 3.05. The maximum atomic E-state index is 11.6. The van der Waals surface area contributed by atoms with Gasteiger partial charge in [-0.25, -0.2) is 0 Å². The normalized spacial score (nSPS) is 20.8. The Hall–Kier alpha value is -2.34. The van der Waals surface area contributed by atoms with Gasteiger partial charge in [0.05, 0.1) is 12.4 Å². The molecule has 2 rings (SSSR count). The van der Waals surface area contributed by atoms with E-state index >= 15 is 0 Å². The minimum atomic E-state index is -0.255. The summed E-state index contributed by atoms with van der Waals surface area (Å²) in [5, 5.41) is 8.79. The van der Waals surface area contributed by atoms with Crippen molar-refractivity contribution in [2.45, 2.75) is 32.3 Å². The predicted molar refractivity (Wildman–Crippen MR) is 102 cm³/mol. The summed E-state index contributed by atoms with van der Waals surface area (Å²) in [5.74, 6) is -0.0433. The summed E-state index contributed by atoms with van der Waals surface area (Å²) in [7, 11) is 0. The maximum absolute atomic E-state index is 11.6. The third kappa shape index (κ3) is 5.60. The molecule has 1 aliphatic rings. The minimum absolute atomic E-state index is 0.211. The van der Waals surface area contributed by atoms with Gasteiger partial charge < -0.3 is 4.74 Å². The lowest BCUT2D eigenvalue weighted by Crippen LogP contribution is -2.08. The maximum Gasteiger partial charge on any atom is 0.316 e. The van der Waals surface area contributed by atoms with Crippen LogP contribution in [0.5, 0.6) is 0 Å². The molecule has 25 heavy (non-hydrogen) atoms. The van der Waals surface area contributed by atoms with E-state index < -0.39 is 0 Å². The zero-order chi connectivity index (χ0) is 18.2. The van der Waals surface area contributed by atoms with Gasteiger partial charge in [-0.1, -0.05) is 48.2 Å². The zero-order valence-corrected chi connectivity index (χ0v) is 15.7. The quantitative estimate of drug-likeness (QED) is 0.584.